The molecule has 0 radical (unpaired) electrons. The monoisotopic (exact) mass is 388 g/mol. The molecule has 1 aliphatic rings. The van der Waals surface area contributed by atoms with Crippen molar-refractivity contribution in [2.45, 2.75) is 37.0 Å². The molecule has 2 N–H and O–H groups in total. The van der Waals surface area contributed by atoms with E-state index in [2.05, 4.69) is 23.0 Å². The lowest BCUT2D eigenvalue weighted by atomic mass is 9.90. The van der Waals surface area contributed by atoms with Crippen LogP contribution in [0.5, 0.6) is 0 Å². The molecule has 0 spiro atoms. The maximum atomic E-state index is 12.0. The summed E-state index contributed by atoms with van der Waals surface area (Å²) < 4.78 is 0. The number of amides is 2. The zero-order valence-corrected chi connectivity index (χ0v) is 16.0. The molecular weight excluding hydrogens is 368 g/mol. The minimum Gasteiger partial charge on any atom is -0.273 e. The Morgan fingerprint density at radius 3 is 2.38 bits per heavy atom. The summed E-state index contributed by atoms with van der Waals surface area (Å²) in [6.45, 7) is 0. The van der Waals surface area contributed by atoms with E-state index in [0.717, 1.165) is 23.3 Å². The smallest absolute Gasteiger partial charge is 0.248 e. The number of carbonyl (C=O) groups excluding carboxylic acids is 2. The van der Waals surface area contributed by atoms with Crippen molar-refractivity contribution in [1.29, 1.82) is 0 Å². The average molecular weight is 389 g/mol. The van der Waals surface area contributed by atoms with Crippen molar-refractivity contribution in [3.05, 3.63) is 64.2 Å². The molecule has 26 heavy (non-hydrogen) atoms. The second-order valence-electron chi connectivity index (χ2n) is 6.33. The minimum absolute atomic E-state index is 0.217. The van der Waals surface area contributed by atoms with Crippen molar-refractivity contribution in [2.75, 3.05) is 5.75 Å². The quantitative estimate of drug-likeness (QED) is 0.606. The van der Waals surface area contributed by atoms with E-state index < -0.39 is 0 Å². The fraction of sp³-hybridized carbons (Fsp3) is 0.300. The lowest BCUT2D eigenvalue weighted by Crippen LogP contribution is -2.43. The average Bonchev–Trinajstić information content (AvgIpc) is 2.66. The van der Waals surface area contributed by atoms with Gasteiger partial charge in [-0.1, -0.05) is 29.8 Å². The number of halogens is 1. The lowest BCUT2D eigenvalue weighted by Gasteiger charge is -2.16. The van der Waals surface area contributed by atoms with Gasteiger partial charge in [0.2, 0.25) is 11.8 Å². The normalized spacial score (nSPS) is 13.0. The molecule has 0 bridgehead atoms. The second kappa shape index (κ2) is 9.10. The van der Waals surface area contributed by atoms with Gasteiger partial charge in [-0.3, -0.25) is 20.4 Å². The molecule has 0 atom stereocenters. The first-order valence-corrected chi connectivity index (χ1v) is 10.0. The number of thioether (sulfide) groups is 1. The van der Waals surface area contributed by atoms with Crippen LogP contribution < -0.4 is 10.9 Å². The van der Waals surface area contributed by atoms with Crippen molar-refractivity contribution in [2.24, 2.45) is 0 Å². The molecular formula is C20H21ClN2O2S. The van der Waals surface area contributed by atoms with E-state index >= 15 is 0 Å². The van der Waals surface area contributed by atoms with Crippen LogP contribution in [0, 0.1) is 0 Å². The zero-order chi connectivity index (χ0) is 18.4. The number of nitrogens with one attached hydrogen (secondary N) is 2. The van der Waals surface area contributed by atoms with Crippen LogP contribution in [-0.2, 0) is 28.9 Å². The molecule has 0 heterocycles. The number of fused-ring (bicyclic) bond motifs is 1. The third-order valence-electron chi connectivity index (χ3n) is 4.30. The SMILES string of the molecule is O=C(CSc1ccc(Cl)cc1)NNC(=O)Cc1ccc2c(c1)CCCC2. The molecule has 6 heteroatoms. The van der Waals surface area contributed by atoms with Gasteiger partial charge in [-0.05, 0) is 66.6 Å². The Bertz CT molecular complexity index is 793. The minimum atomic E-state index is -0.247. The number of hydrogen-bond donors (Lipinski definition) is 2. The molecule has 136 valence electrons. The molecule has 0 fully saturated rings. The highest BCUT2D eigenvalue weighted by molar-refractivity contribution is 8.00. The van der Waals surface area contributed by atoms with Gasteiger partial charge in [-0.25, -0.2) is 0 Å². The molecule has 2 aromatic rings. The Hall–Kier alpha value is -1.98. The Labute approximate surface area is 162 Å². The highest BCUT2D eigenvalue weighted by atomic mass is 35.5. The van der Waals surface area contributed by atoms with E-state index in [1.807, 2.05) is 18.2 Å². The van der Waals surface area contributed by atoms with Crippen LogP contribution in [0.15, 0.2) is 47.4 Å². The van der Waals surface area contributed by atoms with Gasteiger partial charge in [-0.2, -0.15) is 0 Å². The van der Waals surface area contributed by atoms with Crippen molar-refractivity contribution in [3.63, 3.8) is 0 Å². The Balaban J connectivity index is 1.42. The molecule has 2 aromatic carbocycles. The van der Waals surface area contributed by atoms with E-state index in [9.17, 15) is 9.59 Å². The molecule has 0 aromatic heterocycles. The molecule has 0 unspecified atom stereocenters. The van der Waals surface area contributed by atoms with Crippen molar-refractivity contribution >= 4 is 35.2 Å². The van der Waals surface area contributed by atoms with Crippen LogP contribution in [0.4, 0.5) is 0 Å². The van der Waals surface area contributed by atoms with Crippen molar-refractivity contribution < 1.29 is 9.59 Å². The first-order chi connectivity index (χ1) is 12.6. The van der Waals surface area contributed by atoms with E-state index in [4.69, 9.17) is 11.6 Å². The zero-order valence-electron chi connectivity index (χ0n) is 14.4. The van der Waals surface area contributed by atoms with E-state index in [1.165, 1.54) is 35.7 Å². The number of benzene rings is 2. The molecule has 0 saturated carbocycles. The van der Waals surface area contributed by atoms with Gasteiger partial charge in [-0.15, -0.1) is 11.8 Å². The van der Waals surface area contributed by atoms with Gasteiger partial charge in [0.05, 0.1) is 12.2 Å². The molecule has 3 rings (SSSR count). The van der Waals surface area contributed by atoms with Gasteiger partial charge in [0.1, 0.15) is 0 Å². The summed E-state index contributed by atoms with van der Waals surface area (Å²) in [6, 6.07) is 13.5. The Morgan fingerprint density at radius 1 is 0.923 bits per heavy atom. The number of aryl methyl sites for hydroxylation is 2. The Morgan fingerprint density at radius 2 is 1.62 bits per heavy atom. The molecule has 0 saturated heterocycles. The molecule has 1 aliphatic carbocycles. The van der Waals surface area contributed by atoms with Crippen LogP contribution in [0.25, 0.3) is 0 Å². The van der Waals surface area contributed by atoms with Gasteiger partial charge in [0.25, 0.3) is 0 Å². The lowest BCUT2D eigenvalue weighted by molar-refractivity contribution is -0.127. The summed E-state index contributed by atoms with van der Waals surface area (Å²) in [6.07, 6.45) is 4.93. The standard InChI is InChI=1S/C20H21ClN2O2S/c21-17-7-9-18(10-8-17)26-13-20(25)23-22-19(24)12-14-5-6-15-3-1-2-4-16(15)11-14/h5-11H,1-4,12-13H2,(H,22,24)(H,23,25). The molecule has 2 amide bonds. The number of hydrogen-bond acceptors (Lipinski definition) is 3. The first-order valence-electron chi connectivity index (χ1n) is 8.67. The largest absolute Gasteiger partial charge is 0.273 e. The maximum Gasteiger partial charge on any atom is 0.248 e. The predicted octanol–water partition coefficient (Wildman–Crippen LogP) is 3.70. The van der Waals surface area contributed by atoms with E-state index in [0.29, 0.717) is 5.02 Å². The van der Waals surface area contributed by atoms with Crippen LogP contribution >= 0.6 is 23.4 Å². The summed E-state index contributed by atoms with van der Waals surface area (Å²) in [4.78, 5) is 24.9. The predicted molar refractivity (Wildman–Crippen MR) is 105 cm³/mol. The van der Waals surface area contributed by atoms with E-state index in [1.54, 1.807) is 12.1 Å². The fourth-order valence-electron chi connectivity index (χ4n) is 2.98. The van der Waals surface area contributed by atoms with Gasteiger partial charge in [0.15, 0.2) is 0 Å². The third-order valence-corrected chi connectivity index (χ3v) is 5.57. The number of rotatable bonds is 5. The summed E-state index contributed by atoms with van der Waals surface area (Å²) in [5, 5.41) is 0.660. The second-order valence-corrected chi connectivity index (χ2v) is 7.81. The molecule has 4 nitrogen and oxygen atoms in total. The van der Waals surface area contributed by atoms with Gasteiger partial charge >= 0.3 is 0 Å². The number of carbonyl (C=O) groups is 2. The van der Waals surface area contributed by atoms with Crippen molar-refractivity contribution in [3.8, 4) is 0 Å². The van der Waals surface area contributed by atoms with Crippen LogP contribution in [-0.4, -0.2) is 17.6 Å². The number of hydrazine groups is 1. The highest BCUT2D eigenvalue weighted by Gasteiger charge is 2.11. The van der Waals surface area contributed by atoms with Crippen molar-refractivity contribution in [1.82, 2.24) is 10.9 Å². The summed E-state index contributed by atoms with van der Waals surface area (Å²) in [7, 11) is 0. The fourth-order valence-corrected chi connectivity index (χ4v) is 3.81. The van der Waals surface area contributed by atoms with Gasteiger partial charge < -0.3 is 0 Å². The van der Waals surface area contributed by atoms with E-state index in [-0.39, 0.29) is 24.0 Å². The highest BCUT2D eigenvalue weighted by Crippen LogP contribution is 2.22. The topological polar surface area (TPSA) is 58.2 Å². The summed E-state index contributed by atoms with van der Waals surface area (Å²) >= 11 is 7.21. The van der Waals surface area contributed by atoms with Crippen LogP contribution in [0.2, 0.25) is 5.02 Å². The Kier molecular flexibility index (Phi) is 6.58. The van der Waals surface area contributed by atoms with Crippen LogP contribution in [0.1, 0.15) is 29.5 Å². The summed E-state index contributed by atoms with van der Waals surface area (Å²) in [5.41, 5.74) is 8.67. The third kappa shape index (κ3) is 5.51. The maximum absolute atomic E-state index is 12.0. The summed E-state index contributed by atoms with van der Waals surface area (Å²) in [5.74, 6) is -0.241. The van der Waals surface area contributed by atoms with Crippen LogP contribution in [0.3, 0.4) is 0 Å². The molecule has 0 aliphatic heterocycles. The van der Waals surface area contributed by atoms with Gasteiger partial charge in [0, 0.05) is 9.92 Å². The first kappa shape index (κ1) is 18.8.